The van der Waals surface area contributed by atoms with Crippen LogP contribution >= 0.6 is 0 Å². The highest BCUT2D eigenvalue weighted by Crippen LogP contribution is 2.10. The Morgan fingerprint density at radius 3 is 2.71 bits per heavy atom. The first-order valence-corrected chi connectivity index (χ1v) is 4.90. The molecule has 0 unspecified atom stereocenters. The highest BCUT2D eigenvalue weighted by molar-refractivity contribution is 6.04. The number of hydrogen-bond acceptors (Lipinski definition) is 2. The van der Waals surface area contributed by atoms with Crippen LogP contribution in [0, 0.1) is 0 Å². The Kier molecular flexibility index (Phi) is 2.63. The molecule has 2 rings (SSSR count). The lowest BCUT2D eigenvalue weighted by molar-refractivity contribution is 0.104. The minimum absolute atomic E-state index is 0.0926. The highest BCUT2D eigenvalue weighted by atomic mass is 16.1. The van der Waals surface area contributed by atoms with Crippen molar-refractivity contribution in [3.8, 4) is 0 Å². The number of nitrogens with one attached hydrogen (secondary N) is 1. The summed E-state index contributed by atoms with van der Waals surface area (Å²) in [5, 5.41) is 3.20. The second kappa shape index (κ2) is 4.09. The van der Waals surface area contributed by atoms with Gasteiger partial charge in [0, 0.05) is 23.9 Å². The van der Waals surface area contributed by atoms with Crippen LogP contribution in [0.4, 0.5) is 0 Å². The van der Waals surface area contributed by atoms with Gasteiger partial charge in [-0.25, -0.2) is 0 Å². The summed E-state index contributed by atoms with van der Waals surface area (Å²) in [5.41, 5.74) is 1.83. The molecule has 0 saturated carbocycles. The molecule has 1 fully saturated rings. The van der Waals surface area contributed by atoms with Gasteiger partial charge in [-0.05, 0) is 12.8 Å². The van der Waals surface area contributed by atoms with Crippen LogP contribution in [0.2, 0.25) is 0 Å². The molecule has 1 aromatic rings. The summed E-state index contributed by atoms with van der Waals surface area (Å²) in [6.45, 7) is 0.994. The van der Waals surface area contributed by atoms with E-state index in [-0.39, 0.29) is 5.78 Å². The first-order chi connectivity index (χ1) is 6.86. The van der Waals surface area contributed by atoms with E-state index < -0.39 is 0 Å². The normalized spacial score (nSPS) is 18.1. The number of ketones is 1. The van der Waals surface area contributed by atoms with Crippen LogP contribution < -0.4 is 5.32 Å². The Morgan fingerprint density at radius 2 is 2.07 bits per heavy atom. The molecule has 1 aliphatic heterocycles. The van der Waals surface area contributed by atoms with E-state index in [9.17, 15) is 4.79 Å². The molecule has 1 heterocycles. The Balaban J connectivity index is 2.13. The Bertz CT molecular complexity index is 346. The molecule has 0 spiro atoms. The van der Waals surface area contributed by atoms with Crippen LogP contribution in [0.3, 0.4) is 0 Å². The number of benzene rings is 1. The van der Waals surface area contributed by atoms with Crippen molar-refractivity contribution in [3.63, 3.8) is 0 Å². The fraction of sp³-hybridized carbons (Fsp3) is 0.250. The summed E-state index contributed by atoms with van der Waals surface area (Å²) in [4.78, 5) is 11.7. The maximum absolute atomic E-state index is 11.7. The van der Waals surface area contributed by atoms with Gasteiger partial charge < -0.3 is 5.32 Å². The van der Waals surface area contributed by atoms with Gasteiger partial charge in [-0.1, -0.05) is 30.3 Å². The quantitative estimate of drug-likeness (QED) is 0.567. The standard InChI is InChI=1S/C12H13NO/c14-12(9-11-7-4-8-13-11)10-5-2-1-3-6-10/h1-3,5-6,9,13H,4,7-8H2/b11-9+. The second-order valence-electron chi connectivity index (χ2n) is 3.43. The molecule has 72 valence electrons. The fourth-order valence-corrected chi connectivity index (χ4v) is 1.58. The molecule has 0 aromatic heterocycles. The van der Waals surface area contributed by atoms with E-state index in [1.165, 1.54) is 0 Å². The minimum atomic E-state index is 0.0926. The van der Waals surface area contributed by atoms with Gasteiger partial charge in [-0.15, -0.1) is 0 Å². The van der Waals surface area contributed by atoms with Crippen molar-refractivity contribution in [2.24, 2.45) is 0 Å². The average molecular weight is 187 g/mol. The van der Waals surface area contributed by atoms with E-state index >= 15 is 0 Å². The number of hydrogen-bond donors (Lipinski definition) is 1. The van der Waals surface area contributed by atoms with Crippen molar-refractivity contribution in [3.05, 3.63) is 47.7 Å². The van der Waals surface area contributed by atoms with Crippen molar-refractivity contribution in [1.29, 1.82) is 0 Å². The first kappa shape index (κ1) is 9.00. The molecule has 0 radical (unpaired) electrons. The van der Waals surface area contributed by atoms with Crippen molar-refractivity contribution in [1.82, 2.24) is 5.32 Å². The van der Waals surface area contributed by atoms with Gasteiger partial charge in [0.15, 0.2) is 5.78 Å². The van der Waals surface area contributed by atoms with Crippen molar-refractivity contribution in [2.75, 3.05) is 6.54 Å². The monoisotopic (exact) mass is 187 g/mol. The van der Waals surface area contributed by atoms with Gasteiger partial charge in [-0.2, -0.15) is 0 Å². The second-order valence-corrected chi connectivity index (χ2v) is 3.43. The summed E-state index contributed by atoms with van der Waals surface area (Å²) in [7, 11) is 0. The minimum Gasteiger partial charge on any atom is -0.388 e. The van der Waals surface area contributed by atoms with Crippen molar-refractivity contribution >= 4 is 5.78 Å². The molecule has 1 N–H and O–H groups in total. The largest absolute Gasteiger partial charge is 0.388 e. The average Bonchev–Trinajstić information content (AvgIpc) is 2.72. The number of allylic oxidation sites excluding steroid dienone is 2. The maximum atomic E-state index is 11.7. The number of carbonyl (C=O) groups excluding carboxylic acids is 1. The van der Waals surface area contributed by atoms with Crippen LogP contribution in [0.5, 0.6) is 0 Å². The highest BCUT2D eigenvalue weighted by Gasteiger charge is 2.08. The molecule has 1 aromatic carbocycles. The van der Waals surface area contributed by atoms with E-state index in [0.29, 0.717) is 0 Å². The third-order valence-electron chi connectivity index (χ3n) is 2.34. The topological polar surface area (TPSA) is 29.1 Å². The van der Waals surface area contributed by atoms with Crippen LogP contribution in [0.1, 0.15) is 23.2 Å². The Hall–Kier alpha value is -1.57. The van der Waals surface area contributed by atoms with Gasteiger partial charge >= 0.3 is 0 Å². The lowest BCUT2D eigenvalue weighted by Crippen LogP contribution is -2.06. The van der Waals surface area contributed by atoms with Gasteiger partial charge in [0.05, 0.1) is 0 Å². The zero-order chi connectivity index (χ0) is 9.80. The zero-order valence-corrected chi connectivity index (χ0v) is 7.99. The fourth-order valence-electron chi connectivity index (χ4n) is 1.58. The van der Waals surface area contributed by atoms with Crippen LogP contribution in [-0.4, -0.2) is 12.3 Å². The lowest BCUT2D eigenvalue weighted by atomic mass is 10.1. The molecule has 1 aliphatic rings. The summed E-state index contributed by atoms with van der Waals surface area (Å²) in [6, 6.07) is 9.36. The number of carbonyl (C=O) groups is 1. The molecular formula is C12H13NO. The lowest BCUT2D eigenvalue weighted by Gasteiger charge is -1.98. The Labute approximate surface area is 83.6 Å². The molecule has 2 heteroatoms. The van der Waals surface area contributed by atoms with Crippen molar-refractivity contribution < 1.29 is 4.79 Å². The summed E-state index contributed by atoms with van der Waals surface area (Å²) >= 11 is 0. The third kappa shape index (κ3) is 2.02. The van der Waals surface area contributed by atoms with Gasteiger partial charge in [0.2, 0.25) is 0 Å². The smallest absolute Gasteiger partial charge is 0.187 e. The van der Waals surface area contributed by atoms with Gasteiger partial charge in [0.1, 0.15) is 0 Å². The zero-order valence-electron chi connectivity index (χ0n) is 7.99. The maximum Gasteiger partial charge on any atom is 0.187 e. The summed E-state index contributed by atoms with van der Waals surface area (Å²) < 4.78 is 0. The van der Waals surface area contributed by atoms with E-state index in [1.54, 1.807) is 6.08 Å². The third-order valence-corrected chi connectivity index (χ3v) is 2.34. The molecule has 0 atom stereocenters. The van der Waals surface area contributed by atoms with Crippen LogP contribution in [-0.2, 0) is 0 Å². The molecule has 14 heavy (non-hydrogen) atoms. The van der Waals surface area contributed by atoms with Gasteiger partial charge in [0.25, 0.3) is 0 Å². The van der Waals surface area contributed by atoms with E-state index in [1.807, 2.05) is 30.3 Å². The Morgan fingerprint density at radius 1 is 1.29 bits per heavy atom. The van der Waals surface area contributed by atoms with E-state index in [2.05, 4.69) is 5.32 Å². The first-order valence-electron chi connectivity index (χ1n) is 4.90. The molecular weight excluding hydrogens is 174 g/mol. The SMILES string of the molecule is O=C(/C=C1\CCCN1)c1ccccc1. The summed E-state index contributed by atoms with van der Waals surface area (Å²) in [6.07, 6.45) is 3.84. The van der Waals surface area contributed by atoms with Crippen LogP contribution in [0.15, 0.2) is 42.1 Å². The molecule has 0 aliphatic carbocycles. The number of rotatable bonds is 2. The van der Waals surface area contributed by atoms with Gasteiger partial charge in [-0.3, -0.25) is 4.79 Å². The van der Waals surface area contributed by atoms with Crippen LogP contribution in [0.25, 0.3) is 0 Å². The van der Waals surface area contributed by atoms with E-state index in [0.717, 1.165) is 30.6 Å². The predicted octanol–water partition coefficient (Wildman–Crippen LogP) is 2.14. The predicted molar refractivity (Wildman–Crippen MR) is 56.1 cm³/mol. The summed E-state index contributed by atoms with van der Waals surface area (Å²) in [5.74, 6) is 0.0926. The molecule has 0 bridgehead atoms. The molecule has 0 amide bonds. The van der Waals surface area contributed by atoms with E-state index in [4.69, 9.17) is 0 Å². The molecule has 1 saturated heterocycles. The van der Waals surface area contributed by atoms with Crippen molar-refractivity contribution in [2.45, 2.75) is 12.8 Å². The molecule has 2 nitrogen and oxygen atoms in total.